The van der Waals surface area contributed by atoms with Gasteiger partial charge in [0.2, 0.25) is 0 Å². The van der Waals surface area contributed by atoms with Gasteiger partial charge in [0, 0.05) is 20.6 Å². The van der Waals surface area contributed by atoms with E-state index in [9.17, 15) is 4.79 Å². The first-order valence-corrected chi connectivity index (χ1v) is 5.18. The van der Waals surface area contributed by atoms with Crippen molar-refractivity contribution in [2.75, 3.05) is 25.5 Å². The predicted molar refractivity (Wildman–Crippen MR) is 61.3 cm³/mol. The van der Waals surface area contributed by atoms with Gasteiger partial charge in [0.05, 0.1) is 5.69 Å². The van der Waals surface area contributed by atoms with E-state index in [4.69, 9.17) is 0 Å². The van der Waals surface area contributed by atoms with Gasteiger partial charge in [0.1, 0.15) is 0 Å². The van der Waals surface area contributed by atoms with Crippen LogP contribution >= 0.6 is 0 Å². The van der Waals surface area contributed by atoms with Crippen molar-refractivity contribution in [2.45, 2.75) is 13.3 Å². The fraction of sp³-hybridized carbons (Fsp3) is 0.417. The van der Waals surface area contributed by atoms with Crippen molar-refractivity contribution >= 4 is 11.7 Å². The lowest BCUT2D eigenvalue weighted by atomic mass is 10.1. The standard InChI is InChI=1S/C12H16N2O/c1-9-5-4-6-10-7-8-14(11(9)10)12(15)13(2)3/h4-6H,7-8H2,1-3H3. The smallest absolute Gasteiger partial charge is 0.323 e. The molecule has 2 amide bonds. The minimum atomic E-state index is 0.0723. The maximum absolute atomic E-state index is 11.9. The van der Waals surface area contributed by atoms with Gasteiger partial charge in [-0.25, -0.2) is 4.79 Å². The van der Waals surface area contributed by atoms with Crippen LogP contribution in [0.1, 0.15) is 11.1 Å². The Morgan fingerprint density at radius 3 is 2.80 bits per heavy atom. The molecule has 0 aromatic heterocycles. The average molecular weight is 204 g/mol. The van der Waals surface area contributed by atoms with Gasteiger partial charge in [0.25, 0.3) is 0 Å². The number of nitrogens with zero attached hydrogens (tertiary/aromatic N) is 2. The zero-order chi connectivity index (χ0) is 11.0. The summed E-state index contributed by atoms with van der Waals surface area (Å²) < 4.78 is 0. The lowest BCUT2D eigenvalue weighted by molar-refractivity contribution is 0.224. The van der Waals surface area contributed by atoms with Crippen LogP contribution in [0.3, 0.4) is 0 Å². The van der Waals surface area contributed by atoms with Crippen LogP contribution in [-0.4, -0.2) is 31.6 Å². The van der Waals surface area contributed by atoms with Gasteiger partial charge < -0.3 is 4.90 Å². The molecule has 0 saturated heterocycles. The van der Waals surface area contributed by atoms with Crippen molar-refractivity contribution in [3.63, 3.8) is 0 Å². The van der Waals surface area contributed by atoms with E-state index in [0.717, 1.165) is 18.7 Å². The van der Waals surface area contributed by atoms with Gasteiger partial charge in [-0.15, -0.1) is 0 Å². The van der Waals surface area contributed by atoms with Crippen molar-refractivity contribution in [2.24, 2.45) is 0 Å². The number of anilines is 1. The summed E-state index contributed by atoms with van der Waals surface area (Å²) in [4.78, 5) is 15.4. The maximum Gasteiger partial charge on any atom is 0.323 e. The molecule has 1 aromatic carbocycles. The lowest BCUT2D eigenvalue weighted by Crippen LogP contribution is -2.38. The second kappa shape index (κ2) is 3.57. The molecule has 1 aromatic rings. The largest absolute Gasteiger partial charge is 0.330 e. The monoisotopic (exact) mass is 204 g/mol. The van der Waals surface area contributed by atoms with E-state index in [-0.39, 0.29) is 6.03 Å². The number of hydrogen-bond donors (Lipinski definition) is 0. The van der Waals surface area contributed by atoms with E-state index >= 15 is 0 Å². The zero-order valence-electron chi connectivity index (χ0n) is 9.45. The Morgan fingerprint density at radius 1 is 1.40 bits per heavy atom. The minimum Gasteiger partial charge on any atom is -0.330 e. The summed E-state index contributed by atoms with van der Waals surface area (Å²) in [5.74, 6) is 0. The van der Waals surface area contributed by atoms with Gasteiger partial charge >= 0.3 is 6.03 Å². The van der Waals surface area contributed by atoms with E-state index in [2.05, 4.69) is 25.1 Å². The zero-order valence-corrected chi connectivity index (χ0v) is 9.45. The summed E-state index contributed by atoms with van der Waals surface area (Å²) >= 11 is 0. The molecule has 3 heteroatoms. The quantitative estimate of drug-likeness (QED) is 0.634. The lowest BCUT2D eigenvalue weighted by Gasteiger charge is -2.23. The Balaban J connectivity index is 2.40. The van der Waals surface area contributed by atoms with Crippen molar-refractivity contribution in [1.29, 1.82) is 0 Å². The third kappa shape index (κ3) is 1.58. The summed E-state index contributed by atoms with van der Waals surface area (Å²) in [7, 11) is 3.58. The van der Waals surface area contributed by atoms with Crippen LogP contribution in [0.25, 0.3) is 0 Å². The van der Waals surface area contributed by atoms with Crippen molar-refractivity contribution in [1.82, 2.24) is 4.90 Å². The molecule has 0 saturated carbocycles. The summed E-state index contributed by atoms with van der Waals surface area (Å²) in [5.41, 5.74) is 3.57. The molecule has 2 rings (SSSR count). The summed E-state index contributed by atoms with van der Waals surface area (Å²) in [6.07, 6.45) is 0.969. The number of amides is 2. The Morgan fingerprint density at radius 2 is 2.13 bits per heavy atom. The number of urea groups is 1. The molecule has 15 heavy (non-hydrogen) atoms. The number of rotatable bonds is 0. The Hall–Kier alpha value is -1.51. The molecule has 80 valence electrons. The van der Waals surface area contributed by atoms with Crippen LogP contribution in [0.2, 0.25) is 0 Å². The van der Waals surface area contributed by atoms with Crippen LogP contribution in [0.4, 0.5) is 10.5 Å². The number of carbonyl (C=O) groups is 1. The molecule has 0 radical (unpaired) electrons. The number of fused-ring (bicyclic) bond motifs is 1. The van der Waals surface area contributed by atoms with Crippen molar-refractivity contribution in [3.8, 4) is 0 Å². The van der Waals surface area contributed by atoms with Gasteiger partial charge in [-0.2, -0.15) is 0 Å². The highest BCUT2D eigenvalue weighted by Crippen LogP contribution is 2.31. The first-order chi connectivity index (χ1) is 7.11. The minimum absolute atomic E-state index is 0.0723. The topological polar surface area (TPSA) is 23.6 Å². The Kier molecular flexibility index (Phi) is 2.39. The van der Waals surface area contributed by atoms with Gasteiger partial charge in [-0.3, -0.25) is 4.90 Å². The van der Waals surface area contributed by atoms with Crippen LogP contribution in [-0.2, 0) is 6.42 Å². The predicted octanol–water partition coefficient (Wildman–Crippen LogP) is 2.04. The highest BCUT2D eigenvalue weighted by molar-refractivity contribution is 5.94. The number of hydrogen-bond acceptors (Lipinski definition) is 1. The molecule has 1 aliphatic rings. The molecular formula is C12H16N2O. The Bertz CT molecular complexity index is 399. The highest BCUT2D eigenvalue weighted by Gasteiger charge is 2.26. The van der Waals surface area contributed by atoms with Crippen molar-refractivity contribution in [3.05, 3.63) is 29.3 Å². The molecule has 0 aliphatic carbocycles. The van der Waals surface area contributed by atoms with Gasteiger partial charge in [-0.1, -0.05) is 18.2 Å². The van der Waals surface area contributed by atoms with E-state index in [1.165, 1.54) is 11.1 Å². The average Bonchev–Trinajstić information content (AvgIpc) is 2.61. The summed E-state index contributed by atoms with van der Waals surface area (Å²) in [5, 5.41) is 0. The summed E-state index contributed by atoms with van der Waals surface area (Å²) in [6.45, 7) is 2.86. The van der Waals surface area contributed by atoms with Crippen LogP contribution in [0, 0.1) is 6.92 Å². The van der Waals surface area contributed by atoms with E-state index in [1.54, 1.807) is 19.0 Å². The second-order valence-electron chi connectivity index (χ2n) is 4.16. The number of para-hydroxylation sites is 1. The summed E-state index contributed by atoms with van der Waals surface area (Å²) in [6, 6.07) is 6.28. The van der Waals surface area contributed by atoms with Crippen LogP contribution in [0.15, 0.2) is 18.2 Å². The third-order valence-electron chi connectivity index (χ3n) is 2.81. The molecule has 0 atom stereocenters. The number of benzene rings is 1. The second-order valence-corrected chi connectivity index (χ2v) is 4.16. The molecule has 0 spiro atoms. The first-order valence-electron chi connectivity index (χ1n) is 5.18. The SMILES string of the molecule is Cc1cccc2c1N(C(=O)N(C)C)CC2. The Labute approximate surface area is 90.3 Å². The molecule has 3 nitrogen and oxygen atoms in total. The maximum atomic E-state index is 11.9. The number of carbonyl (C=O) groups excluding carboxylic acids is 1. The molecule has 0 bridgehead atoms. The van der Waals surface area contributed by atoms with Gasteiger partial charge in [0.15, 0.2) is 0 Å². The highest BCUT2D eigenvalue weighted by atomic mass is 16.2. The van der Waals surface area contributed by atoms with Gasteiger partial charge in [-0.05, 0) is 24.5 Å². The molecule has 0 fully saturated rings. The van der Waals surface area contributed by atoms with E-state index in [1.807, 2.05) is 4.90 Å². The molecule has 0 unspecified atom stereocenters. The fourth-order valence-corrected chi connectivity index (χ4v) is 2.08. The molecule has 1 aliphatic heterocycles. The molecular weight excluding hydrogens is 188 g/mol. The van der Waals surface area contributed by atoms with E-state index < -0.39 is 0 Å². The fourth-order valence-electron chi connectivity index (χ4n) is 2.08. The molecule has 1 heterocycles. The third-order valence-corrected chi connectivity index (χ3v) is 2.81. The normalized spacial score (nSPS) is 13.9. The first kappa shape index (κ1) is 10.0. The van der Waals surface area contributed by atoms with Crippen molar-refractivity contribution < 1.29 is 4.79 Å². The van der Waals surface area contributed by atoms with E-state index in [0.29, 0.717) is 0 Å². The molecule has 0 N–H and O–H groups in total. The van der Waals surface area contributed by atoms with Crippen LogP contribution < -0.4 is 4.90 Å². The number of aryl methyl sites for hydroxylation is 1. The van der Waals surface area contributed by atoms with Crippen LogP contribution in [0.5, 0.6) is 0 Å².